The van der Waals surface area contributed by atoms with E-state index in [9.17, 15) is 9.59 Å². The Morgan fingerprint density at radius 2 is 2.20 bits per heavy atom. The first-order valence-electron chi connectivity index (χ1n) is 8.11. The average Bonchev–Trinajstić information content (AvgIpc) is 3.25. The molecule has 0 unspecified atom stereocenters. The second-order valence-corrected chi connectivity index (χ2v) is 5.68. The van der Waals surface area contributed by atoms with E-state index in [1.165, 1.54) is 6.26 Å². The number of carbonyl (C=O) groups excluding carboxylic acids is 2. The van der Waals surface area contributed by atoms with Crippen LogP contribution in [0.5, 0.6) is 0 Å². The lowest BCUT2D eigenvalue weighted by molar-refractivity contribution is 0.0861. The van der Waals surface area contributed by atoms with Crippen molar-refractivity contribution in [1.82, 2.24) is 15.4 Å². The van der Waals surface area contributed by atoms with Gasteiger partial charge in [-0.1, -0.05) is 5.16 Å². The number of hydrogen-bond donors (Lipinski definition) is 2. The summed E-state index contributed by atoms with van der Waals surface area (Å²) in [7, 11) is 0. The molecule has 2 aromatic heterocycles. The Balaban J connectivity index is 1.63. The van der Waals surface area contributed by atoms with E-state index in [0.717, 1.165) is 0 Å². The molecule has 134 valence electrons. The summed E-state index contributed by atoms with van der Waals surface area (Å²) in [5.74, 6) is -0.0321. The number of piperidine rings is 1. The highest BCUT2D eigenvalue weighted by Gasteiger charge is 2.28. The molecule has 0 spiro atoms. The van der Waals surface area contributed by atoms with E-state index in [4.69, 9.17) is 19.4 Å². The Bertz CT molecular complexity index is 732. The lowest BCUT2D eigenvalue weighted by Gasteiger charge is -2.31. The molecule has 3 heterocycles. The lowest BCUT2D eigenvalue weighted by Crippen LogP contribution is -2.46. The molecule has 0 aromatic carbocycles. The van der Waals surface area contributed by atoms with Crippen molar-refractivity contribution in [1.29, 1.82) is 0 Å². The van der Waals surface area contributed by atoms with Crippen molar-refractivity contribution in [3.8, 4) is 11.5 Å². The first kappa shape index (κ1) is 16.9. The zero-order chi connectivity index (χ0) is 17.8. The van der Waals surface area contributed by atoms with Gasteiger partial charge in [0, 0.05) is 19.1 Å². The molecule has 0 atom stereocenters. The number of anilines is 1. The minimum atomic E-state index is -0.375. The van der Waals surface area contributed by atoms with Crippen LogP contribution in [0.25, 0.3) is 11.5 Å². The first-order chi connectivity index (χ1) is 12.1. The van der Waals surface area contributed by atoms with Crippen molar-refractivity contribution in [2.45, 2.75) is 25.8 Å². The van der Waals surface area contributed by atoms with Crippen LogP contribution in [0.3, 0.4) is 0 Å². The molecule has 2 amide bonds. The van der Waals surface area contributed by atoms with Crippen LogP contribution in [0.15, 0.2) is 27.3 Å². The second-order valence-electron chi connectivity index (χ2n) is 5.68. The van der Waals surface area contributed by atoms with Crippen molar-refractivity contribution in [2.75, 3.05) is 25.4 Å². The molecule has 0 radical (unpaired) electrons. The Hall–Kier alpha value is -2.97. The molecule has 1 fully saturated rings. The quantitative estimate of drug-likeness (QED) is 0.864. The van der Waals surface area contributed by atoms with E-state index in [2.05, 4.69) is 10.5 Å². The summed E-state index contributed by atoms with van der Waals surface area (Å²) in [5.41, 5.74) is 6.17. The maximum absolute atomic E-state index is 12.6. The van der Waals surface area contributed by atoms with Gasteiger partial charge in [-0.25, -0.2) is 4.79 Å². The third-order valence-electron chi connectivity index (χ3n) is 4.06. The number of furan rings is 1. The lowest BCUT2D eigenvalue weighted by atomic mass is 10.0. The fourth-order valence-corrected chi connectivity index (χ4v) is 2.78. The molecule has 9 nitrogen and oxygen atoms in total. The maximum atomic E-state index is 12.6. The molecule has 0 saturated carbocycles. The van der Waals surface area contributed by atoms with Crippen molar-refractivity contribution >= 4 is 17.9 Å². The summed E-state index contributed by atoms with van der Waals surface area (Å²) in [4.78, 5) is 25.9. The summed E-state index contributed by atoms with van der Waals surface area (Å²) in [6.07, 6.45) is 2.42. The molecule has 3 N–H and O–H groups in total. The molecule has 2 aromatic rings. The molecule has 25 heavy (non-hydrogen) atoms. The van der Waals surface area contributed by atoms with Gasteiger partial charge in [0.1, 0.15) is 5.56 Å². The van der Waals surface area contributed by atoms with Crippen molar-refractivity contribution < 1.29 is 23.3 Å². The zero-order valence-electron chi connectivity index (χ0n) is 13.9. The fourth-order valence-electron chi connectivity index (χ4n) is 2.78. The topological polar surface area (TPSA) is 124 Å². The minimum absolute atomic E-state index is 0.0622. The zero-order valence-corrected chi connectivity index (χ0v) is 13.9. The average molecular weight is 348 g/mol. The van der Waals surface area contributed by atoms with Gasteiger partial charge in [0.05, 0.1) is 12.9 Å². The van der Waals surface area contributed by atoms with Crippen LogP contribution in [-0.4, -0.2) is 47.8 Å². The Morgan fingerprint density at radius 1 is 1.44 bits per heavy atom. The molecule has 1 saturated heterocycles. The van der Waals surface area contributed by atoms with Crippen LogP contribution < -0.4 is 11.1 Å². The van der Waals surface area contributed by atoms with Crippen LogP contribution >= 0.6 is 0 Å². The predicted molar refractivity (Wildman–Crippen MR) is 87.7 cm³/mol. The standard InChI is InChI=1S/C16H20N4O5/c1-2-23-16(22)20-7-5-10(6-8-20)18-15(21)12-13(19-25-14(12)17)11-4-3-9-24-11/h3-4,9-10H,2,5-8,17H2,1H3,(H,18,21). The maximum Gasteiger partial charge on any atom is 0.409 e. The number of carbonyl (C=O) groups is 2. The number of likely N-dealkylation sites (tertiary alicyclic amines) is 1. The highest BCUT2D eigenvalue weighted by molar-refractivity contribution is 6.03. The monoisotopic (exact) mass is 348 g/mol. The van der Waals surface area contributed by atoms with Crippen LogP contribution in [-0.2, 0) is 4.74 Å². The fraction of sp³-hybridized carbons (Fsp3) is 0.438. The number of nitrogens with two attached hydrogens (primary N) is 1. The highest BCUT2D eigenvalue weighted by Crippen LogP contribution is 2.27. The number of rotatable bonds is 4. The number of aromatic nitrogens is 1. The van der Waals surface area contributed by atoms with Gasteiger partial charge in [0.2, 0.25) is 5.88 Å². The Morgan fingerprint density at radius 3 is 2.84 bits per heavy atom. The smallest absolute Gasteiger partial charge is 0.409 e. The van der Waals surface area contributed by atoms with Gasteiger partial charge in [0.25, 0.3) is 5.91 Å². The molecule has 9 heteroatoms. The van der Waals surface area contributed by atoms with Crippen molar-refractivity contribution in [3.63, 3.8) is 0 Å². The first-order valence-corrected chi connectivity index (χ1v) is 8.11. The summed E-state index contributed by atoms with van der Waals surface area (Å²) in [6.45, 7) is 3.16. The predicted octanol–water partition coefficient (Wildman–Crippen LogP) is 1.87. The summed E-state index contributed by atoms with van der Waals surface area (Å²) in [5, 5.41) is 6.72. The van der Waals surface area contributed by atoms with E-state index in [-0.39, 0.29) is 35.2 Å². The second kappa shape index (κ2) is 7.29. The van der Waals surface area contributed by atoms with Crippen LogP contribution in [0, 0.1) is 0 Å². The largest absolute Gasteiger partial charge is 0.463 e. The number of nitrogens with one attached hydrogen (secondary N) is 1. The number of amides is 2. The summed E-state index contributed by atoms with van der Waals surface area (Å²) in [6, 6.07) is 3.29. The van der Waals surface area contributed by atoms with Gasteiger partial charge in [-0.15, -0.1) is 0 Å². The summed E-state index contributed by atoms with van der Waals surface area (Å²) >= 11 is 0. The highest BCUT2D eigenvalue weighted by atomic mass is 16.6. The van der Waals surface area contributed by atoms with Gasteiger partial charge in [0.15, 0.2) is 11.5 Å². The van der Waals surface area contributed by atoms with Gasteiger partial charge in [-0.05, 0) is 31.9 Å². The van der Waals surface area contributed by atoms with Crippen LogP contribution in [0.1, 0.15) is 30.1 Å². The van der Waals surface area contributed by atoms with E-state index >= 15 is 0 Å². The number of hydrogen-bond acceptors (Lipinski definition) is 7. The van der Waals surface area contributed by atoms with Crippen LogP contribution in [0.4, 0.5) is 10.7 Å². The molecular formula is C16H20N4O5. The van der Waals surface area contributed by atoms with E-state index in [0.29, 0.717) is 38.3 Å². The Labute approximate surface area is 144 Å². The SMILES string of the molecule is CCOC(=O)N1CCC(NC(=O)c2c(-c3ccco3)noc2N)CC1. The minimum Gasteiger partial charge on any atom is -0.463 e. The normalized spacial score (nSPS) is 15.2. The number of nitrogen functional groups attached to an aromatic ring is 1. The van der Waals surface area contributed by atoms with Crippen molar-refractivity contribution in [2.24, 2.45) is 0 Å². The molecule has 0 aliphatic carbocycles. The van der Waals surface area contributed by atoms with E-state index < -0.39 is 0 Å². The number of nitrogens with zero attached hydrogens (tertiary/aromatic N) is 2. The third kappa shape index (κ3) is 3.59. The van der Waals surface area contributed by atoms with Gasteiger partial charge in [-0.2, -0.15) is 0 Å². The van der Waals surface area contributed by atoms with Gasteiger partial charge in [-0.3, -0.25) is 4.79 Å². The molecule has 3 rings (SSSR count). The van der Waals surface area contributed by atoms with Gasteiger partial charge >= 0.3 is 6.09 Å². The molecule has 0 bridgehead atoms. The molecule has 1 aliphatic heterocycles. The number of ether oxygens (including phenoxy) is 1. The molecular weight excluding hydrogens is 328 g/mol. The van der Waals surface area contributed by atoms with Crippen molar-refractivity contribution in [3.05, 3.63) is 24.0 Å². The third-order valence-corrected chi connectivity index (χ3v) is 4.06. The molecule has 1 aliphatic rings. The van der Waals surface area contributed by atoms with E-state index in [1.54, 1.807) is 24.0 Å². The van der Waals surface area contributed by atoms with Crippen LogP contribution in [0.2, 0.25) is 0 Å². The summed E-state index contributed by atoms with van der Waals surface area (Å²) < 4.78 is 15.2. The Kier molecular flexibility index (Phi) is 4.92. The van der Waals surface area contributed by atoms with E-state index in [1.807, 2.05) is 0 Å². The van der Waals surface area contributed by atoms with Gasteiger partial charge < -0.3 is 29.6 Å².